The molecule has 28 heavy (non-hydrogen) atoms. The predicted octanol–water partition coefficient (Wildman–Crippen LogP) is 1.46. The van der Waals surface area contributed by atoms with E-state index in [4.69, 9.17) is 10.5 Å². The van der Waals surface area contributed by atoms with Crippen LogP contribution in [0.15, 0.2) is 18.3 Å². The first-order chi connectivity index (χ1) is 13.6. The van der Waals surface area contributed by atoms with Gasteiger partial charge in [-0.1, -0.05) is 6.42 Å². The molecule has 2 N–H and O–H groups in total. The van der Waals surface area contributed by atoms with Gasteiger partial charge in [-0.05, 0) is 25.0 Å². The van der Waals surface area contributed by atoms with Crippen LogP contribution in [0.2, 0.25) is 0 Å². The van der Waals surface area contributed by atoms with E-state index in [1.165, 1.54) is 25.5 Å². The van der Waals surface area contributed by atoms with E-state index >= 15 is 0 Å². The number of nitrogens with two attached hydrogens (primary N) is 1. The van der Waals surface area contributed by atoms with Gasteiger partial charge in [-0.25, -0.2) is 9.78 Å². The Morgan fingerprint density at radius 1 is 1.00 bits per heavy atom. The maximum Gasteiger partial charge on any atom is 0.410 e. The number of piperazine rings is 1. The van der Waals surface area contributed by atoms with Gasteiger partial charge in [0.05, 0.1) is 5.56 Å². The summed E-state index contributed by atoms with van der Waals surface area (Å²) in [6.07, 6.45) is 6.82. The van der Waals surface area contributed by atoms with Gasteiger partial charge in [0, 0.05) is 64.3 Å². The molecule has 2 amide bonds. The third-order valence-electron chi connectivity index (χ3n) is 6.23. The van der Waals surface area contributed by atoms with Gasteiger partial charge in [0.25, 0.3) is 0 Å². The smallest absolute Gasteiger partial charge is 0.410 e. The van der Waals surface area contributed by atoms with E-state index in [9.17, 15) is 9.59 Å². The minimum Gasteiger partial charge on any atom is -0.446 e. The molecular formula is C20H29N5O3. The van der Waals surface area contributed by atoms with Gasteiger partial charge in [0.2, 0.25) is 5.91 Å². The zero-order valence-electron chi connectivity index (χ0n) is 16.3. The number of anilines is 1. The number of nitrogens with zero attached hydrogens (tertiary/aromatic N) is 4. The number of piperidine rings is 1. The summed E-state index contributed by atoms with van der Waals surface area (Å²) in [5, 5.41) is 0. The molecule has 0 bridgehead atoms. The summed E-state index contributed by atoms with van der Waals surface area (Å²) in [5.41, 5.74) is 5.66. The Hall–Kier alpha value is -2.35. The number of aromatic nitrogens is 1. The van der Waals surface area contributed by atoms with Crippen molar-refractivity contribution in [1.82, 2.24) is 14.8 Å². The number of hydrogen-bond acceptors (Lipinski definition) is 6. The average Bonchev–Trinajstić information content (AvgIpc) is 2.68. The quantitative estimate of drug-likeness (QED) is 0.841. The van der Waals surface area contributed by atoms with Crippen molar-refractivity contribution in [1.29, 1.82) is 0 Å². The monoisotopic (exact) mass is 387 g/mol. The molecule has 1 aliphatic carbocycles. The first kappa shape index (κ1) is 19.0. The van der Waals surface area contributed by atoms with Gasteiger partial charge < -0.3 is 20.3 Å². The van der Waals surface area contributed by atoms with Crippen LogP contribution in [0.25, 0.3) is 0 Å². The zero-order chi connectivity index (χ0) is 19.5. The van der Waals surface area contributed by atoms with Gasteiger partial charge >= 0.3 is 6.09 Å². The van der Waals surface area contributed by atoms with E-state index in [1.807, 2.05) is 11.0 Å². The van der Waals surface area contributed by atoms with Gasteiger partial charge in [0.15, 0.2) is 0 Å². The summed E-state index contributed by atoms with van der Waals surface area (Å²) < 4.78 is 5.76. The van der Waals surface area contributed by atoms with Crippen molar-refractivity contribution < 1.29 is 14.3 Å². The van der Waals surface area contributed by atoms with Gasteiger partial charge in [0.1, 0.15) is 11.9 Å². The predicted molar refractivity (Wildman–Crippen MR) is 105 cm³/mol. The number of carbonyl (C=O) groups excluding carboxylic acids is 2. The summed E-state index contributed by atoms with van der Waals surface area (Å²) in [5.74, 6) is 0.347. The Morgan fingerprint density at radius 2 is 1.71 bits per heavy atom. The third kappa shape index (κ3) is 4.22. The fourth-order valence-corrected chi connectivity index (χ4v) is 4.16. The van der Waals surface area contributed by atoms with Crippen LogP contribution in [0.3, 0.4) is 0 Å². The maximum absolute atomic E-state index is 12.5. The lowest BCUT2D eigenvalue weighted by Crippen LogP contribution is -2.54. The molecule has 1 aromatic rings. The van der Waals surface area contributed by atoms with Crippen molar-refractivity contribution in [3.05, 3.63) is 23.9 Å². The largest absolute Gasteiger partial charge is 0.446 e. The molecule has 1 saturated carbocycles. The fraction of sp³-hybridized carbons (Fsp3) is 0.650. The summed E-state index contributed by atoms with van der Waals surface area (Å²) >= 11 is 0. The number of amides is 2. The first-order valence-electron chi connectivity index (χ1n) is 10.3. The second kappa shape index (κ2) is 8.34. The maximum atomic E-state index is 12.5. The normalized spacial score (nSPS) is 22.0. The Bertz CT molecular complexity index is 690. The molecule has 2 saturated heterocycles. The molecule has 0 radical (unpaired) electrons. The molecule has 0 aromatic carbocycles. The van der Waals surface area contributed by atoms with Crippen LogP contribution in [-0.2, 0) is 4.74 Å². The van der Waals surface area contributed by atoms with E-state index in [1.54, 1.807) is 6.07 Å². The number of primary amides is 1. The van der Waals surface area contributed by atoms with Crippen LogP contribution < -0.4 is 10.6 Å². The van der Waals surface area contributed by atoms with Crippen LogP contribution in [0, 0.1) is 0 Å². The lowest BCUT2D eigenvalue weighted by atomic mass is 9.91. The van der Waals surface area contributed by atoms with Crippen molar-refractivity contribution in [2.24, 2.45) is 5.73 Å². The summed E-state index contributed by atoms with van der Waals surface area (Å²) in [6.45, 7) is 5.01. The second-order valence-electron chi connectivity index (χ2n) is 7.95. The Kier molecular flexibility index (Phi) is 5.66. The van der Waals surface area contributed by atoms with Crippen molar-refractivity contribution >= 4 is 17.8 Å². The van der Waals surface area contributed by atoms with Gasteiger partial charge in [-0.15, -0.1) is 0 Å². The first-order valence-corrected chi connectivity index (χ1v) is 10.3. The Labute approximate surface area is 165 Å². The van der Waals surface area contributed by atoms with Crippen LogP contribution in [-0.4, -0.2) is 78.2 Å². The van der Waals surface area contributed by atoms with Gasteiger partial charge in [-0.3, -0.25) is 9.69 Å². The lowest BCUT2D eigenvalue weighted by molar-refractivity contribution is 0.0230. The van der Waals surface area contributed by atoms with Crippen LogP contribution in [0.1, 0.15) is 42.5 Å². The standard InChI is InChI=1S/C20H29N5O3/c21-19(26)15-4-5-18(22-14-15)24-8-6-17(7-9-24)28-20(27)25-12-10-23(11-13-25)16-2-1-3-16/h4-5,14,16-17H,1-3,6-13H2,(H2,21,26). The van der Waals surface area contributed by atoms with Crippen LogP contribution >= 0.6 is 0 Å². The molecule has 1 aromatic heterocycles. The minimum absolute atomic E-state index is 0.0432. The number of pyridine rings is 1. The molecule has 3 heterocycles. The van der Waals surface area contributed by atoms with Crippen molar-refractivity contribution in [3.8, 4) is 0 Å². The number of rotatable bonds is 4. The molecule has 3 aliphatic rings. The molecule has 8 nitrogen and oxygen atoms in total. The number of ether oxygens (including phenoxy) is 1. The zero-order valence-corrected chi connectivity index (χ0v) is 16.3. The highest BCUT2D eigenvalue weighted by Crippen LogP contribution is 2.26. The Balaban J connectivity index is 1.21. The van der Waals surface area contributed by atoms with Crippen LogP contribution in [0.5, 0.6) is 0 Å². The average molecular weight is 387 g/mol. The highest BCUT2D eigenvalue weighted by molar-refractivity contribution is 5.92. The van der Waals surface area contributed by atoms with E-state index < -0.39 is 5.91 Å². The summed E-state index contributed by atoms with van der Waals surface area (Å²) in [4.78, 5) is 34.5. The fourth-order valence-electron chi connectivity index (χ4n) is 4.16. The second-order valence-corrected chi connectivity index (χ2v) is 7.95. The minimum atomic E-state index is -0.474. The van der Waals surface area contributed by atoms with E-state index in [0.717, 1.165) is 64.0 Å². The van der Waals surface area contributed by atoms with E-state index in [0.29, 0.717) is 5.56 Å². The molecule has 4 rings (SSSR count). The highest BCUT2D eigenvalue weighted by Gasteiger charge is 2.31. The van der Waals surface area contributed by atoms with Crippen molar-refractivity contribution in [2.45, 2.75) is 44.2 Å². The van der Waals surface area contributed by atoms with Gasteiger partial charge in [-0.2, -0.15) is 0 Å². The highest BCUT2D eigenvalue weighted by atomic mass is 16.6. The molecular weight excluding hydrogens is 358 g/mol. The number of carbonyl (C=O) groups is 2. The van der Waals surface area contributed by atoms with E-state index in [2.05, 4.69) is 14.8 Å². The SMILES string of the molecule is NC(=O)c1ccc(N2CCC(OC(=O)N3CCN(C4CCC4)CC3)CC2)nc1. The summed E-state index contributed by atoms with van der Waals surface area (Å²) in [6, 6.07) is 4.25. The van der Waals surface area contributed by atoms with E-state index in [-0.39, 0.29) is 12.2 Å². The molecule has 2 aliphatic heterocycles. The molecule has 152 valence electrons. The molecule has 8 heteroatoms. The van der Waals surface area contributed by atoms with Crippen molar-refractivity contribution in [3.63, 3.8) is 0 Å². The molecule has 0 spiro atoms. The number of hydrogen-bond donors (Lipinski definition) is 1. The topological polar surface area (TPSA) is 92.0 Å². The lowest BCUT2D eigenvalue weighted by Gasteiger charge is -2.43. The molecule has 0 atom stereocenters. The molecule has 0 unspecified atom stereocenters. The van der Waals surface area contributed by atoms with Crippen LogP contribution in [0.4, 0.5) is 10.6 Å². The molecule has 3 fully saturated rings. The summed E-state index contributed by atoms with van der Waals surface area (Å²) in [7, 11) is 0. The Morgan fingerprint density at radius 3 is 2.25 bits per heavy atom. The van der Waals surface area contributed by atoms with Crippen molar-refractivity contribution in [2.75, 3.05) is 44.2 Å². The third-order valence-corrected chi connectivity index (χ3v) is 6.23.